The molecule has 0 unspecified atom stereocenters. The molecule has 2 aromatic rings. The van der Waals surface area contributed by atoms with E-state index in [4.69, 9.17) is 14.8 Å². The second-order valence-corrected chi connectivity index (χ2v) is 4.45. The van der Waals surface area contributed by atoms with E-state index < -0.39 is 11.9 Å². The standard InChI is InChI=1S/C16H12N2O4/c1-10-2-7-14(22-10)8-12(9-17)15(19)18-13-5-3-11(4-6-13)16(20)21/h2-8H,1H3,(H,18,19)(H,20,21)/b12-8-. The fourth-order valence-corrected chi connectivity index (χ4v) is 1.72. The van der Waals surface area contributed by atoms with Crippen molar-refractivity contribution in [2.75, 3.05) is 5.32 Å². The normalized spacial score (nSPS) is 10.8. The smallest absolute Gasteiger partial charge is 0.335 e. The Hall–Kier alpha value is -3.33. The molecule has 0 aliphatic rings. The average molecular weight is 296 g/mol. The summed E-state index contributed by atoms with van der Waals surface area (Å²) in [4.78, 5) is 22.8. The van der Waals surface area contributed by atoms with Crippen LogP contribution < -0.4 is 5.32 Å². The Morgan fingerprint density at radius 1 is 1.23 bits per heavy atom. The molecule has 0 saturated carbocycles. The molecule has 2 rings (SSSR count). The number of carboxylic acids is 1. The number of hydrogen-bond donors (Lipinski definition) is 2. The highest BCUT2D eigenvalue weighted by Gasteiger charge is 2.11. The van der Waals surface area contributed by atoms with Gasteiger partial charge in [-0.05, 0) is 43.3 Å². The summed E-state index contributed by atoms with van der Waals surface area (Å²) in [7, 11) is 0. The molecule has 0 atom stereocenters. The number of carbonyl (C=O) groups excluding carboxylic acids is 1. The molecule has 0 radical (unpaired) electrons. The molecule has 1 amide bonds. The van der Waals surface area contributed by atoms with E-state index in [1.165, 1.54) is 30.3 Å². The Bertz CT molecular complexity index is 779. The lowest BCUT2D eigenvalue weighted by Crippen LogP contribution is -2.13. The largest absolute Gasteiger partial charge is 0.478 e. The van der Waals surface area contributed by atoms with Crippen LogP contribution in [0.4, 0.5) is 5.69 Å². The molecule has 110 valence electrons. The van der Waals surface area contributed by atoms with Gasteiger partial charge in [0.15, 0.2) is 0 Å². The summed E-state index contributed by atoms with van der Waals surface area (Å²) in [5.41, 5.74) is 0.392. The van der Waals surface area contributed by atoms with Gasteiger partial charge in [0.2, 0.25) is 0 Å². The lowest BCUT2D eigenvalue weighted by Gasteiger charge is -2.04. The van der Waals surface area contributed by atoms with Crippen LogP contribution in [0.1, 0.15) is 21.9 Å². The number of furan rings is 1. The highest BCUT2D eigenvalue weighted by Crippen LogP contribution is 2.14. The van der Waals surface area contributed by atoms with Crippen LogP contribution in [0.25, 0.3) is 6.08 Å². The summed E-state index contributed by atoms with van der Waals surface area (Å²) in [5, 5.41) is 20.4. The summed E-state index contributed by atoms with van der Waals surface area (Å²) in [6, 6.07) is 10.8. The highest BCUT2D eigenvalue weighted by molar-refractivity contribution is 6.09. The zero-order valence-electron chi connectivity index (χ0n) is 11.7. The lowest BCUT2D eigenvalue weighted by molar-refractivity contribution is -0.112. The number of carbonyl (C=O) groups is 2. The Labute approximate surface area is 126 Å². The van der Waals surface area contributed by atoms with Crippen molar-refractivity contribution < 1.29 is 19.1 Å². The van der Waals surface area contributed by atoms with Crippen molar-refractivity contribution in [1.29, 1.82) is 5.26 Å². The van der Waals surface area contributed by atoms with Crippen LogP contribution in [-0.2, 0) is 4.79 Å². The molecule has 0 bridgehead atoms. The maximum atomic E-state index is 12.0. The molecule has 1 aromatic heterocycles. The lowest BCUT2D eigenvalue weighted by atomic mass is 10.2. The third-order valence-electron chi connectivity index (χ3n) is 2.80. The molecular weight excluding hydrogens is 284 g/mol. The van der Waals surface area contributed by atoms with E-state index >= 15 is 0 Å². The minimum Gasteiger partial charge on any atom is -0.478 e. The van der Waals surface area contributed by atoms with Gasteiger partial charge in [0.05, 0.1) is 5.56 Å². The van der Waals surface area contributed by atoms with E-state index in [-0.39, 0.29) is 11.1 Å². The number of aryl methyl sites for hydroxylation is 1. The van der Waals surface area contributed by atoms with Gasteiger partial charge in [0, 0.05) is 11.8 Å². The molecule has 1 aromatic carbocycles. The number of benzene rings is 1. The van der Waals surface area contributed by atoms with E-state index in [9.17, 15) is 9.59 Å². The average Bonchev–Trinajstić information content (AvgIpc) is 2.90. The number of nitrogens with zero attached hydrogens (tertiary/aromatic N) is 1. The first-order valence-corrected chi connectivity index (χ1v) is 6.32. The Morgan fingerprint density at radius 2 is 1.91 bits per heavy atom. The van der Waals surface area contributed by atoms with Crippen molar-refractivity contribution in [2.45, 2.75) is 6.92 Å². The van der Waals surface area contributed by atoms with Gasteiger partial charge in [-0.2, -0.15) is 5.26 Å². The second kappa shape index (κ2) is 6.41. The monoisotopic (exact) mass is 296 g/mol. The zero-order chi connectivity index (χ0) is 16.1. The fraction of sp³-hybridized carbons (Fsp3) is 0.0625. The topological polar surface area (TPSA) is 103 Å². The van der Waals surface area contributed by atoms with Crippen LogP contribution >= 0.6 is 0 Å². The van der Waals surface area contributed by atoms with Crippen LogP contribution in [-0.4, -0.2) is 17.0 Å². The minimum absolute atomic E-state index is 0.111. The number of rotatable bonds is 4. The number of nitrogens with one attached hydrogen (secondary N) is 1. The molecule has 1 heterocycles. The van der Waals surface area contributed by atoms with Gasteiger partial charge in [0.1, 0.15) is 23.2 Å². The molecule has 22 heavy (non-hydrogen) atoms. The van der Waals surface area contributed by atoms with Crippen LogP contribution in [0.2, 0.25) is 0 Å². The van der Waals surface area contributed by atoms with Gasteiger partial charge in [0.25, 0.3) is 5.91 Å². The van der Waals surface area contributed by atoms with Gasteiger partial charge >= 0.3 is 5.97 Å². The SMILES string of the molecule is Cc1ccc(/C=C(/C#N)C(=O)Nc2ccc(C(=O)O)cc2)o1. The number of carboxylic acid groups (broad SMARTS) is 1. The Balaban J connectivity index is 2.14. The van der Waals surface area contributed by atoms with Crippen molar-refractivity contribution in [3.05, 3.63) is 59.1 Å². The second-order valence-electron chi connectivity index (χ2n) is 4.45. The van der Waals surface area contributed by atoms with Crippen LogP contribution in [0.5, 0.6) is 0 Å². The van der Waals surface area contributed by atoms with E-state index in [0.29, 0.717) is 17.2 Å². The first kappa shape index (κ1) is 15.1. The number of anilines is 1. The van der Waals surface area contributed by atoms with E-state index in [1.807, 2.05) is 0 Å². The van der Waals surface area contributed by atoms with Gasteiger partial charge < -0.3 is 14.8 Å². The van der Waals surface area contributed by atoms with Crippen molar-refractivity contribution in [1.82, 2.24) is 0 Å². The van der Waals surface area contributed by atoms with E-state index in [0.717, 1.165) is 0 Å². The maximum Gasteiger partial charge on any atom is 0.335 e. The maximum absolute atomic E-state index is 12.0. The van der Waals surface area contributed by atoms with E-state index in [2.05, 4.69) is 5.32 Å². The third-order valence-corrected chi connectivity index (χ3v) is 2.80. The van der Waals surface area contributed by atoms with Crippen LogP contribution in [0.15, 0.2) is 46.4 Å². The van der Waals surface area contributed by atoms with Gasteiger partial charge in [-0.3, -0.25) is 4.79 Å². The van der Waals surface area contributed by atoms with Crippen LogP contribution in [0.3, 0.4) is 0 Å². The van der Waals surface area contributed by atoms with Gasteiger partial charge in [-0.15, -0.1) is 0 Å². The highest BCUT2D eigenvalue weighted by atomic mass is 16.4. The molecule has 2 N–H and O–H groups in total. The van der Waals surface area contributed by atoms with Crippen molar-refractivity contribution in [3.63, 3.8) is 0 Å². The molecule has 0 saturated heterocycles. The summed E-state index contributed by atoms with van der Waals surface area (Å²) in [6.07, 6.45) is 1.34. The summed E-state index contributed by atoms with van der Waals surface area (Å²) in [6.45, 7) is 1.76. The Morgan fingerprint density at radius 3 is 2.41 bits per heavy atom. The summed E-state index contributed by atoms with van der Waals surface area (Å²) in [5.74, 6) is -0.568. The molecular formula is C16H12N2O4. The van der Waals surface area contributed by atoms with Crippen molar-refractivity contribution in [3.8, 4) is 6.07 Å². The first-order chi connectivity index (χ1) is 10.5. The predicted octanol–water partition coefficient (Wildman–Crippen LogP) is 2.83. The number of hydrogen-bond acceptors (Lipinski definition) is 4. The van der Waals surface area contributed by atoms with Crippen molar-refractivity contribution >= 4 is 23.6 Å². The van der Waals surface area contributed by atoms with Gasteiger partial charge in [-0.25, -0.2) is 4.79 Å². The molecule has 6 heteroatoms. The van der Waals surface area contributed by atoms with Gasteiger partial charge in [-0.1, -0.05) is 0 Å². The summed E-state index contributed by atoms with van der Waals surface area (Å²) < 4.78 is 5.29. The quantitative estimate of drug-likeness (QED) is 0.667. The fourth-order valence-electron chi connectivity index (χ4n) is 1.72. The first-order valence-electron chi connectivity index (χ1n) is 6.32. The Kier molecular flexibility index (Phi) is 4.39. The summed E-state index contributed by atoms with van der Waals surface area (Å²) >= 11 is 0. The number of aromatic carboxylic acids is 1. The number of nitriles is 1. The predicted molar refractivity (Wildman–Crippen MR) is 79.1 cm³/mol. The van der Waals surface area contributed by atoms with Crippen molar-refractivity contribution in [2.24, 2.45) is 0 Å². The molecule has 0 spiro atoms. The van der Waals surface area contributed by atoms with E-state index in [1.54, 1.807) is 25.1 Å². The van der Waals surface area contributed by atoms with Crippen LogP contribution in [0, 0.1) is 18.3 Å². The minimum atomic E-state index is -1.05. The number of amides is 1. The molecule has 0 aliphatic carbocycles. The molecule has 0 aliphatic heterocycles. The third kappa shape index (κ3) is 3.61. The zero-order valence-corrected chi connectivity index (χ0v) is 11.7. The molecule has 6 nitrogen and oxygen atoms in total. The molecule has 0 fully saturated rings.